The smallest absolute Gasteiger partial charge is 0.339 e. The summed E-state index contributed by atoms with van der Waals surface area (Å²) >= 11 is 1.07. The lowest BCUT2D eigenvalue weighted by Gasteiger charge is -2.14. The van der Waals surface area contributed by atoms with Gasteiger partial charge in [0.2, 0.25) is 0 Å². The van der Waals surface area contributed by atoms with Crippen LogP contribution >= 0.6 is 11.9 Å². The molecule has 0 radical (unpaired) electrons. The second-order valence-electron chi connectivity index (χ2n) is 3.69. The summed E-state index contributed by atoms with van der Waals surface area (Å²) in [6.07, 6.45) is 0. The molecule has 7 heteroatoms. The summed E-state index contributed by atoms with van der Waals surface area (Å²) in [5, 5.41) is 9.10. The van der Waals surface area contributed by atoms with E-state index >= 15 is 0 Å². The zero-order valence-electron chi connectivity index (χ0n) is 11.3. The van der Waals surface area contributed by atoms with E-state index in [1.807, 2.05) is 0 Å². The van der Waals surface area contributed by atoms with Crippen LogP contribution in [0.1, 0.15) is 17.3 Å². The van der Waals surface area contributed by atoms with Gasteiger partial charge in [0.1, 0.15) is 6.04 Å². The number of aliphatic hydroxyl groups is 1. The number of rotatable bonds is 7. The average Bonchev–Trinajstić information content (AvgIpc) is 2.48. The molecule has 0 fully saturated rings. The lowest BCUT2D eigenvalue weighted by Crippen LogP contribution is -2.36. The number of aliphatic hydroxyl groups excluding tert-OH is 1. The largest absolute Gasteiger partial charge is 0.468 e. The first-order valence-electron chi connectivity index (χ1n) is 6.01. The van der Waals surface area contributed by atoms with Crippen LogP contribution < -0.4 is 4.72 Å². The van der Waals surface area contributed by atoms with Crippen molar-refractivity contribution in [2.45, 2.75) is 17.9 Å². The number of ether oxygens (including phenoxy) is 2. The number of carbonyl (C=O) groups excluding carboxylic acids is 2. The molecular weight excluding hydrogens is 282 g/mol. The van der Waals surface area contributed by atoms with Crippen LogP contribution in [-0.2, 0) is 14.3 Å². The van der Waals surface area contributed by atoms with Crippen LogP contribution in [0.4, 0.5) is 0 Å². The third-order valence-electron chi connectivity index (χ3n) is 2.36. The molecule has 1 aromatic carbocycles. The Labute approximate surface area is 121 Å². The lowest BCUT2D eigenvalue weighted by atomic mass is 10.2. The highest BCUT2D eigenvalue weighted by Gasteiger charge is 2.19. The van der Waals surface area contributed by atoms with E-state index in [-0.39, 0.29) is 6.61 Å². The van der Waals surface area contributed by atoms with Gasteiger partial charge in [-0.2, -0.15) is 0 Å². The van der Waals surface area contributed by atoms with Gasteiger partial charge in [0.05, 0.1) is 25.9 Å². The molecule has 0 spiro atoms. The molecule has 1 aromatic rings. The minimum atomic E-state index is -0.861. The van der Waals surface area contributed by atoms with Crippen LogP contribution in [0.15, 0.2) is 29.2 Å². The van der Waals surface area contributed by atoms with Gasteiger partial charge in [-0.1, -0.05) is 12.1 Å². The molecule has 1 rings (SSSR count). The summed E-state index contributed by atoms with van der Waals surface area (Å²) in [6.45, 7) is 1.61. The molecule has 6 nitrogen and oxygen atoms in total. The number of methoxy groups -OCH3 is 1. The number of esters is 2. The zero-order chi connectivity index (χ0) is 15.0. The first-order chi connectivity index (χ1) is 9.63. The maximum absolute atomic E-state index is 11.8. The Morgan fingerprint density at radius 1 is 1.40 bits per heavy atom. The number of carbonyl (C=O) groups is 2. The normalized spacial score (nSPS) is 11.8. The Hall–Kier alpha value is -1.57. The average molecular weight is 299 g/mol. The minimum Gasteiger partial charge on any atom is -0.468 e. The Morgan fingerprint density at radius 3 is 2.70 bits per heavy atom. The summed E-state index contributed by atoms with van der Waals surface area (Å²) in [5.74, 6) is -1.01. The predicted molar refractivity (Wildman–Crippen MR) is 74.3 cm³/mol. The second-order valence-corrected chi connectivity index (χ2v) is 4.57. The van der Waals surface area contributed by atoms with Gasteiger partial charge in [0.25, 0.3) is 0 Å². The maximum Gasteiger partial charge on any atom is 0.339 e. The molecule has 0 saturated carbocycles. The molecule has 110 valence electrons. The van der Waals surface area contributed by atoms with E-state index in [1.54, 1.807) is 31.2 Å². The van der Waals surface area contributed by atoms with Crippen LogP contribution in [0.3, 0.4) is 0 Å². The maximum atomic E-state index is 11.8. The van der Waals surface area contributed by atoms with Gasteiger partial charge in [-0.25, -0.2) is 9.52 Å². The molecule has 0 aliphatic rings. The van der Waals surface area contributed by atoms with E-state index in [9.17, 15) is 9.59 Å². The molecule has 0 unspecified atom stereocenters. The SMILES string of the molecule is CCOC(=O)c1ccccc1SN[C@@H](CO)C(=O)OC. The molecular formula is C13H17NO5S. The van der Waals surface area contributed by atoms with Crippen molar-refractivity contribution >= 4 is 23.9 Å². The summed E-state index contributed by atoms with van der Waals surface area (Å²) < 4.78 is 12.2. The van der Waals surface area contributed by atoms with Gasteiger partial charge < -0.3 is 14.6 Å². The third-order valence-corrected chi connectivity index (χ3v) is 3.34. The van der Waals surface area contributed by atoms with Crippen molar-refractivity contribution in [1.82, 2.24) is 4.72 Å². The number of hydrogen-bond donors (Lipinski definition) is 2. The Balaban J connectivity index is 2.77. The predicted octanol–water partition coefficient (Wildman–Crippen LogP) is 0.994. The van der Waals surface area contributed by atoms with Crippen molar-refractivity contribution in [2.24, 2.45) is 0 Å². The van der Waals surface area contributed by atoms with Gasteiger partial charge >= 0.3 is 11.9 Å². The third kappa shape index (κ3) is 4.52. The van der Waals surface area contributed by atoms with Gasteiger partial charge in [-0.05, 0) is 31.0 Å². The van der Waals surface area contributed by atoms with Crippen LogP contribution in [0.25, 0.3) is 0 Å². The zero-order valence-corrected chi connectivity index (χ0v) is 12.1. The second kappa shape index (κ2) is 8.57. The fourth-order valence-corrected chi connectivity index (χ4v) is 2.22. The quantitative estimate of drug-likeness (QED) is 0.574. The van der Waals surface area contributed by atoms with Gasteiger partial charge in [-0.3, -0.25) is 4.79 Å². The molecule has 1 atom stereocenters. The first-order valence-corrected chi connectivity index (χ1v) is 6.82. The Kier molecular flexibility index (Phi) is 7.06. The standard InChI is InChI=1S/C13H17NO5S/c1-3-19-12(16)9-6-4-5-7-11(9)20-14-10(8-15)13(17)18-2/h4-7,10,14-15H,3,8H2,1-2H3/t10-/m0/s1. The van der Waals surface area contributed by atoms with Crippen molar-refractivity contribution in [3.05, 3.63) is 29.8 Å². The van der Waals surface area contributed by atoms with Gasteiger partial charge in [0.15, 0.2) is 0 Å². The Bertz CT molecular complexity index is 466. The van der Waals surface area contributed by atoms with E-state index in [4.69, 9.17) is 9.84 Å². The number of nitrogens with one attached hydrogen (secondary N) is 1. The van der Waals surface area contributed by atoms with Crippen molar-refractivity contribution < 1.29 is 24.2 Å². The van der Waals surface area contributed by atoms with E-state index in [1.165, 1.54) is 7.11 Å². The van der Waals surface area contributed by atoms with Gasteiger partial charge in [-0.15, -0.1) is 0 Å². The van der Waals surface area contributed by atoms with Gasteiger partial charge in [0, 0.05) is 4.90 Å². The van der Waals surface area contributed by atoms with Crippen molar-refractivity contribution in [2.75, 3.05) is 20.3 Å². The topological polar surface area (TPSA) is 84.9 Å². The monoisotopic (exact) mass is 299 g/mol. The Morgan fingerprint density at radius 2 is 2.10 bits per heavy atom. The molecule has 0 amide bonds. The molecule has 0 bridgehead atoms. The fraction of sp³-hybridized carbons (Fsp3) is 0.385. The van der Waals surface area contributed by atoms with Crippen molar-refractivity contribution in [3.63, 3.8) is 0 Å². The van der Waals surface area contributed by atoms with Crippen LogP contribution in [-0.4, -0.2) is 43.4 Å². The molecule has 0 saturated heterocycles. The van der Waals surface area contributed by atoms with E-state index in [0.29, 0.717) is 10.5 Å². The number of hydrogen-bond acceptors (Lipinski definition) is 7. The summed E-state index contributed by atoms with van der Waals surface area (Å²) in [5.41, 5.74) is 0.397. The fourth-order valence-electron chi connectivity index (χ4n) is 1.37. The molecule has 0 heterocycles. The van der Waals surface area contributed by atoms with Crippen LogP contribution in [0, 0.1) is 0 Å². The van der Waals surface area contributed by atoms with E-state index < -0.39 is 24.6 Å². The van der Waals surface area contributed by atoms with Crippen molar-refractivity contribution in [1.29, 1.82) is 0 Å². The summed E-state index contributed by atoms with van der Waals surface area (Å²) in [6, 6.07) is 5.98. The summed E-state index contributed by atoms with van der Waals surface area (Å²) in [7, 11) is 1.24. The lowest BCUT2D eigenvalue weighted by molar-refractivity contribution is -0.143. The van der Waals surface area contributed by atoms with Crippen LogP contribution in [0.5, 0.6) is 0 Å². The van der Waals surface area contributed by atoms with Crippen molar-refractivity contribution in [3.8, 4) is 0 Å². The molecule has 0 aliphatic heterocycles. The molecule has 0 aromatic heterocycles. The molecule has 0 aliphatic carbocycles. The van der Waals surface area contributed by atoms with E-state index in [2.05, 4.69) is 9.46 Å². The highest BCUT2D eigenvalue weighted by atomic mass is 32.2. The highest BCUT2D eigenvalue weighted by molar-refractivity contribution is 7.97. The first kappa shape index (κ1) is 16.5. The van der Waals surface area contributed by atoms with Crippen LogP contribution in [0.2, 0.25) is 0 Å². The van der Waals surface area contributed by atoms with E-state index in [0.717, 1.165) is 11.9 Å². The molecule has 2 N–H and O–H groups in total. The molecule has 20 heavy (non-hydrogen) atoms. The number of benzene rings is 1. The minimum absolute atomic E-state index is 0.284. The summed E-state index contributed by atoms with van der Waals surface area (Å²) in [4.78, 5) is 23.7. The highest BCUT2D eigenvalue weighted by Crippen LogP contribution is 2.21.